The summed E-state index contributed by atoms with van der Waals surface area (Å²) in [4.78, 5) is 2.46. The van der Waals surface area contributed by atoms with Crippen LogP contribution in [0.15, 0.2) is 164 Å². The van der Waals surface area contributed by atoms with Crippen LogP contribution < -0.4 is 4.90 Å². The molecule has 0 saturated carbocycles. The standard InChI is InChI=1S/C55H55N/c1-53(2,3)41-27-23-39(24-28-41)52-49-21-14-13-20-47(49)48-32-31-45(36-50(48)52)56(51-22-16-15-19-46(51)38-17-11-10-12-18-38)44-29-25-37(26-30-44)40-33-42(54(4,5)6)35-43(34-40)55(7,8)9/h10-36,52H,1-9H3. The monoisotopic (exact) mass is 729 g/mol. The maximum atomic E-state index is 2.46. The minimum Gasteiger partial charge on any atom is -0.310 e. The number of benzene rings is 7. The Morgan fingerprint density at radius 1 is 0.357 bits per heavy atom. The minimum absolute atomic E-state index is 0.0492. The molecule has 0 radical (unpaired) electrons. The second-order valence-electron chi connectivity index (χ2n) is 18.7. The molecular formula is C55H55N. The topological polar surface area (TPSA) is 3.24 Å². The number of hydrogen-bond acceptors (Lipinski definition) is 1. The van der Waals surface area contributed by atoms with E-state index < -0.39 is 0 Å². The van der Waals surface area contributed by atoms with E-state index in [1.165, 1.54) is 66.8 Å². The molecule has 7 aromatic carbocycles. The van der Waals surface area contributed by atoms with Crippen LogP contribution in [0.1, 0.15) is 102 Å². The molecule has 7 aromatic rings. The zero-order chi connectivity index (χ0) is 39.4. The number of hydrogen-bond donors (Lipinski definition) is 0. The van der Waals surface area contributed by atoms with Crippen molar-refractivity contribution in [3.8, 4) is 33.4 Å². The van der Waals surface area contributed by atoms with Crippen LogP contribution in [0.3, 0.4) is 0 Å². The van der Waals surface area contributed by atoms with E-state index in [1.807, 2.05) is 0 Å². The molecule has 1 aliphatic carbocycles. The number of anilines is 3. The van der Waals surface area contributed by atoms with Crippen molar-refractivity contribution in [2.24, 2.45) is 0 Å². The van der Waals surface area contributed by atoms with E-state index >= 15 is 0 Å². The van der Waals surface area contributed by atoms with Crippen molar-refractivity contribution < 1.29 is 0 Å². The van der Waals surface area contributed by atoms with Gasteiger partial charge in [-0.2, -0.15) is 0 Å². The van der Waals surface area contributed by atoms with Crippen LogP contribution >= 0.6 is 0 Å². The fourth-order valence-corrected chi connectivity index (χ4v) is 8.29. The van der Waals surface area contributed by atoms with E-state index in [4.69, 9.17) is 0 Å². The molecule has 0 N–H and O–H groups in total. The SMILES string of the molecule is CC(C)(C)c1ccc(C2c3ccccc3-c3ccc(N(c4ccc(-c5cc(C(C)(C)C)cc(C(C)(C)C)c5)cc4)c4ccccc4-c4ccccc4)cc32)cc1. The highest BCUT2D eigenvalue weighted by Crippen LogP contribution is 2.51. The third-order valence-corrected chi connectivity index (χ3v) is 11.6. The maximum absolute atomic E-state index is 2.46. The van der Waals surface area contributed by atoms with Crippen molar-refractivity contribution in [3.05, 3.63) is 197 Å². The Bertz CT molecular complexity index is 2470. The fraction of sp³-hybridized carbons (Fsp3) is 0.236. The first kappa shape index (κ1) is 37.3. The van der Waals surface area contributed by atoms with E-state index in [-0.39, 0.29) is 22.2 Å². The van der Waals surface area contributed by atoms with Gasteiger partial charge in [-0.15, -0.1) is 0 Å². The average molecular weight is 730 g/mol. The molecule has 1 unspecified atom stereocenters. The molecule has 0 heterocycles. The van der Waals surface area contributed by atoms with Crippen molar-refractivity contribution in [2.75, 3.05) is 4.90 Å². The van der Waals surface area contributed by atoms with Crippen LogP contribution in [-0.4, -0.2) is 0 Å². The Morgan fingerprint density at radius 2 is 0.893 bits per heavy atom. The number of rotatable bonds is 6. The van der Waals surface area contributed by atoms with E-state index in [2.05, 4.69) is 231 Å². The molecule has 1 heteroatoms. The summed E-state index contributed by atoms with van der Waals surface area (Å²) in [7, 11) is 0. The van der Waals surface area contributed by atoms with Crippen LogP contribution in [0.4, 0.5) is 17.1 Å². The molecule has 0 amide bonds. The summed E-state index contributed by atoms with van der Waals surface area (Å²) in [6.07, 6.45) is 0. The van der Waals surface area contributed by atoms with Gasteiger partial charge in [-0.1, -0.05) is 196 Å². The number of nitrogens with zero attached hydrogens (tertiary/aromatic N) is 1. The first-order valence-corrected chi connectivity index (χ1v) is 20.2. The highest BCUT2D eigenvalue weighted by atomic mass is 15.1. The summed E-state index contributed by atoms with van der Waals surface area (Å²) in [5.74, 6) is 0.149. The Hall–Kier alpha value is -5.66. The normalized spacial score (nSPS) is 14.0. The highest BCUT2D eigenvalue weighted by molar-refractivity contribution is 5.91. The molecule has 0 saturated heterocycles. The Balaban J connectivity index is 1.29. The van der Waals surface area contributed by atoms with Gasteiger partial charge >= 0.3 is 0 Å². The lowest BCUT2D eigenvalue weighted by atomic mass is 9.79. The molecule has 0 spiro atoms. The van der Waals surface area contributed by atoms with Gasteiger partial charge in [0.1, 0.15) is 0 Å². The van der Waals surface area contributed by atoms with Crippen LogP contribution in [0, 0.1) is 0 Å². The molecule has 0 bridgehead atoms. The van der Waals surface area contributed by atoms with E-state index in [1.54, 1.807) is 0 Å². The molecule has 0 fully saturated rings. The van der Waals surface area contributed by atoms with E-state index in [0.29, 0.717) is 0 Å². The summed E-state index contributed by atoms with van der Waals surface area (Å²) in [6, 6.07) is 61.5. The molecule has 1 atom stereocenters. The summed E-state index contributed by atoms with van der Waals surface area (Å²) in [5, 5.41) is 0. The van der Waals surface area contributed by atoms with Gasteiger partial charge in [-0.05, 0) is 108 Å². The molecule has 0 aliphatic heterocycles. The molecular weight excluding hydrogens is 675 g/mol. The Kier molecular flexibility index (Phi) is 9.40. The summed E-state index contributed by atoms with van der Waals surface area (Å²) in [5.41, 5.74) is 19.3. The summed E-state index contributed by atoms with van der Waals surface area (Å²) < 4.78 is 0. The number of para-hydroxylation sites is 1. The maximum Gasteiger partial charge on any atom is 0.0540 e. The van der Waals surface area contributed by atoms with E-state index in [0.717, 1.165) is 17.1 Å². The van der Waals surface area contributed by atoms with Crippen molar-refractivity contribution in [1.82, 2.24) is 0 Å². The molecule has 8 rings (SSSR count). The average Bonchev–Trinajstić information content (AvgIpc) is 3.51. The second-order valence-corrected chi connectivity index (χ2v) is 18.7. The Labute approximate surface area is 335 Å². The lowest BCUT2D eigenvalue weighted by molar-refractivity contribution is 0.569. The quantitative estimate of drug-likeness (QED) is 0.165. The van der Waals surface area contributed by atoms with Crippen LogP contribution in [0.5, 0.6) is 0 Å². The first-order valence-electron chi connectivity index (χ1n) is 20.2. The largest absolute Gasteiger partial charge is 0.310 e. The van der Waals surface area contributed by atoms with Gasteiger partial charge in [0.15, 0.2) is 0 Å². The van der Waals surface area contributed by atoms with Gasteiger partial charge in [0.25, 0.3) is 0 Å². The smallest absolute Gasteiger partial charge is 0.0540 e. The van der Waals surface area contributed by atoms with Crippen LogP contribution in [0.2, 0.25) is 0 Å². The lowest BCUT2D eigenvalue weighted by Gasteiger charge is -2.29. The zero-order valence-corrected chi connectivity index (χ0v) is 34.6. The summed E-state index contributed by atoms with van der Waals surface area (Å²) >= 11 is 0. The van der Waals surface area contributed by atoms with Gasteiger partial charge in [0, 0.05) is 22.9 Å². The predicted molar refractivity (Wildman–Crippen MR) is 241 cm³/mol. The predicted octanol–water partition coefficient (Wildman–Crippen LogP) is 15.5. The van der Waals surface area contributed by atoms with Crippen molar-refractivity contribution in [1.29, 1.82) is 0 Å². The minimum atomic E-state index is 0.0492. The summed E-state index contributed by atoms with van der Waals surface area (Å²) in [6.45, 7) is 20.7. The molecule has 56 heavy (non-hydrogen) atoms. The molecule has 1 aliphatic rings. The first-order chi connectivity index (χ1) is 26.7. The number of fused-ring (bicyclic) bond motifs is 3. The van der Waals surface area contributed by atoms with Gasteiger partial charge in [-0.25, -0.2) is 0 Å². The molecule has 280 valence electrons. The van der Waals surface area contributed by atoms with Crippen LogP contribution in [-0.2, 0) is 16.2 Å². The third kappa shape index (κ3) is 7.12. The third-order valence-electron chi connectivity index (χ3n) is 11.6. The van der Waals surface area contributed by atoms with Gasteiger partial charge in [-0.3, -0.25) is 0 Å². The van der Waals surface area contributed by atoms with Gasteiger partial charge < -0.3 is 4.90 Å². The Morgan fingerprint density at radius 3 is 1.52 bits per heavy atom. The van der Waals surface area contributed by atoms with E-state index in [9.17, 15) is 0 Å². The molecule has 1 nitrogen and oxygen atoms in total. The van der Waals surface area contributed by atoms with Crippen molar-refractivity contribution in [2.45, 2.75) is 84.5 Å². The van der Waals surface area contributed by atoms with Crippen molar-refractivity contribution in [3.63, 3.8) is 0 Å². The highest BCUT2D eigenvalue weighted by Gasteiger charge is 2.31. The lowest BCUT2D eigenvalue weighted by Crippen LogP contribution is -2.16. The molecule has 0 aromatic heterocycles. The fourth-order valence-electron chi connectivity index (χ4n) is 8.29. The van der Waals surface area contributed by atoms with Crippen LogP contribution in [0.25, 0.3) is 33.4 Å². The van der Waals surface area contributed by atoms with Gasteiger partial charge in [0.05, 0.1) is 5.69 Å². The second kappa shape index (κ2) is 14.1. The zero-order valence-electron chi connectivity index (χ0n) is 34.6. The van der Waals surface area contributed by atoms with Gasteiger partial charge in [0.2, 0.25) is 0 Å². The van der Waals surface area contributed by atoms with Crippen molar-refractivity contribution >= 4 is 17.1 Å².